The van der Waals surface area contributed by atoms with Gasteiger partial charge < -0.3 is 10.5 Å². The number of amides is 1. The van der Waals surface area contributed by atoms with E-state index < -0.39 is 6.09 Å². The Kier molecular flexibility index (Phi) is 5.37. The molecule has 1 amide bonds. The summed E-state index contributed by atoms with van der Waals surface area (Å²) in [5.41, 5.74) is 13.5. The first-order chi connectivity index (χ1) is 13.6. The average molecular weight is 484 g/mol. The third-order valence-electron chi connectivity index (χ3n) is 5.26. The summed E-state index contributed by atoms with van der Waals surface area (Å²) in [5, 5.41) is 2.84. The molecular weight excluding hydrogens is 463 g/mol. The first kappa shape index (κ1) is 19.0. The van der Waals surface area contributed by atoms with Crippen molar-refractivity contribution < 1.29 is 9.53 Å². The monoisotopic (exact) mass is 484 g/mol. The highest BCUT2D eigenvalue weighted by atomic mass is 127. The van der Waals surface area contributed by atoms with Crippen LogP contribution in [0.1, 0.15) is 28.2 Å². The molecule has 0 spiro atoms. The van der Waals surface area contributed by atoms with Gasteiger partial charge in [-0.05, 0) is 75.0 Å². The molecule has 0 heterocycles. The number of nitrogens with one attached hydrogen (secondary N) is 1. The largest absolute Gasteiger partial charge is 0.448 e. The van der Waals surface area contributed by atoms with Crippen molar-refractivity contribution in [3.05, 3.63) is 86.5 Å². The number of hydrogen-bond acceptors (Lipinski definition) is 3. The second kappa shape index (κ2) is 7.93. The summed E-state index contributed by atoms with van der Waals surface area (Å²) in [6.45, 7) is 2.76. The molecule has 3 aromatic rings. The highest BCUT2D eigenvalue weighted by Gasteiger charge is 2.29. The fourth-order valence-electron chi connectivity index (χ4n) is 3.77. The summed E-state index contributed by atoms with van der Waals surface area (Å²) in [5.74, 6) is 0.0518. The van der Waals surface area contributed by atoms with Crippen molar-refractivity contribution in [2.75, 3.05) is 11.9 Å². The predicted molar refractivity (Wildman–Crippen MR) is 120 cm³/mol. The number of benzene rings is 3. The second-order valence-electron chi connectivity index (χ2n) is 6.90. The summed E-state index contributed by atoms with van der Waals surface area (Å²) in [6, 6.07) is 20.4. The molecule has 5 heteroatoms. The number of carbonyl (C=O) groups excluding carboxylic acids is 1. The van der Waals surface area contributed by atoms with Gasteiger partial charge in [0.25, 0.3) is 0 Å². The van der Waals surface area contributed by atoms with E-state index in [0.717, 1.165) is 14.7 Å². The minimum atomic E-state index is -0.454. The Hall–Kier alpha value is -2.38. The Morgan fingerprint density at radius 3 is 2.29 bits per heavy atom. The van der Waals surface area contributed by atoms with Crippen LogP contribution in [-0.2, 0) is 11.3 Å². The molecule has 0 saturated heterocycles. The van der Waals surface area contributed by atoms with E-state index in [9.17, 15) is 4.79 Å². The van der Waals surface area contributed by atoms with E-state index in [1.807, 2.05) is 43.3 Å². The van der Waals surface area contributed by atoms with Gasteiger partial charge in [-0.15, -0.1) is 0 Å². The number of rotatable bonds is 4. The molecule has 1 aliphatic rings. The van der Waals surface area contributed by atoms with E-state index in [-0.39, 0.29) is 5.92 Å². The lowest BCUT2D eigenvalue weighted by atomic mass is 9.98. The zero-order valence-corrected chi connectivity index (χ0v) is 17.7. The standard InChI is InChI=1S/C23H21IN2O2/c1-14-15(12-25)10-16(11-22(14)24)26-23(27)28-13-21-19-8-4-2-6-17(19)18-7-3-5-9-20(18)21/h2-11,21H,12-13,25H2,1H3,(H,26,27). The van der Waals surface area contributed by atoms with Crippen LogP contribution in [0.3, 0.4) is 0 Å². The van der Waals surface area contributed by atoms with Gasteiger partial charge in [-0.2, -0.15) is 0 Å². The van der Waals surface area contributed by atoms with E-state index >= 15 is 0 Å². The molecule has 0 fully saturated rings. The topological polar surface area (TPSA) is 64.3 Å². The summed E-state index contributed by atoms with van der Waals surface area (Å²) in [7, 11) is 0. The fourth-order valence-corrected chi connectivity index (χ4v) is 4.45. The van der Waals surface area contributed by atoms with Crippen molar-refractivity contribution in [1.82, 2.24) is 0 Å². The maximum atomic E-state index is 12.4. The molecule has 0 aliphatic heterocycles. The lowest BCUT2D eigenvalue weighted by molar-refractivity contribution is 0.158. The predicted octanol–water partition coefficient (Wildman–Crippen LogP) is 5.42. The molecule has 4 nitrogen and oxygen atoms in total. The lowest BCUT2D eigenvalue weighted by Gasteiger charge is -2.15. The molecule has 28 heavy (non-hydrogen) atoms. The number of anilines is 1. The molecule has 0 saturated carbocycles. The van der Waals surface area contributed by atoms with E-state index in [1.54, 1.807) is 0 Å². The molecule has 3 aromatic carbocycles. The first-order valence-electron chi connectivity index (χ1n) is 9.19. The van der Waals surface area contributed by atoms with Crippen LogP contribution >= 0.6 is 22.6 Å². The summed E-state index contributed by atoms with van der Waals surface area (Å²) >= 11 is 2.25. The van der Waals surface area contributed by atoms with Gasteiger partial charge in [-0.3, -0.25) is 5.32 Å². The molecule has 4 rings (SSSR count). The Morgan fingerprint density at radius 1 is 1.07 bits per heavy atom. The molecule has 0 radical (unpaired) electrons. The molecule has 0 aromatic heterocycles. The van der Waals surface area contributed by atoms with Crippen molar-refractivity contribution >= 4 is 34.4 Å². The van der Waals surface area contributed by atoms with Crippen molar-refractivity contribution in [2.24, 2.45) is 5.73 Å². The van der Waals surface area contributed by atoms with Crippen LogP contribution in [0.4, 0.5) is 10.5 Å². The second-order valence-corrected chi connectivity index (χ2v) is 8.06. The molecule has 3 N–H and O–H groups in total. The van der Waals surface area contributed by atoms with E-state index in [1.165, 1.54) is 22.3 Å². The summed E-state index contributed by atoms with van der Waals surface area (Å²) < 4.78 is 6.67. The van der Waals surface area contributed by atoms with Crippen LogP contribution in [0.15, 0.2) is 60.7 Å². The SMILES string of the molecule is Cc1c(I)cc(NC(=O)OCC2c3ccccc3-c3ccccc32)cc1CN. The average Bonchev–Trinajstić information content (AvgIpc) is 3.03. The summed E-state index contributed by atoms with van der Waals surface area (Å²) in [6.07, 6.45) is -0.454. The third-order valence-corrected chi connectivity index (χ3v) is 6.38. The zero-order valence-electron chi connectivity index (χ0n) is 15.5. The molecular formula is C23H21IN2O2. The van der Waals surface area contributed by atoms with Gasteiger partial charge in [0, 0.05) is 21.7 Å². The molecule has 0 bridgehead atoms. The van der Waals surface area contributed by atoms with Gasteiger partial charge >= 0.3 is 6.09 Å². The normalized spacial score (nSPS) is 12.4. The third kappa shape index (κ3) is 3.52. The van der Waals surface area contributed by atoms with Crippen LogP contribution in [0.5, 0.6) is 0 Å². The van der Waals surface area contributed by atoms with Gasteiger partial charge in [0.1, 0.15) is 6.61 Å². The van der Waals surface area contributed by atoms with Crippen LogP contribution in [-0.4, -0.2) is 12.7 Å². The minimum Gasteiger partial charge on any atom is -0.448 e. The molecule has 0 unspecified atom stereocenters. The Bertz CT molecular complexity index is 1000. The minimum absolute atomic E-state index is 0.0518. The van der Waals surface area contributed by atoms with Crippen LogP contribution in [0.2, 0.25) is 0 Å². The number of fused-ring (bicyclic) bond motifs is 3. The number of halogens is 1. The number of carbonyl (C=O) groups is 1. The highest BCUT2D eigenvalue weighted by molar-refractivity contribution is 14.1. The first-order valence-corrected chi connectivity index (χ1v) is 10.3. The maximum Gasteiger partial charge on any atom is 0.411 e. The van der Waals surface area contributed by atoms with E-state index in [2.05, 4.69) is 52.2 Å². The number of ether oxygens (including phenoxy) is 1. The highest BCUT2D eigenvalue weighted by Crippen LogP contribution is 2.44. The zero-order chi connectivity index (χ0) is 19.7. The van der Waals surface area contributed by atoms with Crippen LogP contribution in [0, 0.1) is 10.5 Å². The molecule has 142 valence electrons. The molecule has 1 aliphatic carbocycles. The van der Waals surface area contributed by atoms with Crippen molar-refractivity contribution in [2.45, 2.75) is 19.4 Å². The van der Waals surface area contributed by atoms with E-state index in [4.69, 9.17) is 10.5 Å². The van der Waals surface area contributed by atoms with Gasteiger partial charge in [-0.25, -0.2) is 4.79 Å². The lowest BCUT2D eigenvalue weighted by Crippen LogP contribution is -2.18. The van der Waals surface area contributed by atoms with Crippen LogP contribution < -0.4 is 11.1 Å². The van der Waals surface area contributed by atoms with Crippen molar-refractivity contribution in [3.8, 4) is 11.1 Å². The summed E-state index contributed by atoms with van der Waals surface area (Å²) in [4.78, 5) is 12.4. The van der Waals surface area contributed by atoms with Crippen LogP contribution in [0.25, 0.3) is 11.1 Å². The number of hydrogen-bond donors (Lipinski definition) is 2. The van der Waals surface area contributed by atoms with Crippen molar-refractivity contribution in [3.63, 3.8) is 0 Å². The Morgan fingerprint density at radius 2 is 1.68 bits per heavy atom. The van der Waals surface area contributed by atoms with E-state index in [0.29, 0.717) is 18.8 Å². The van der Waals surface area contributed by atoms with Crippen molar-refractivity contribution in [1.29, 1.82) is 0 Å². The number of nitrogens with two attached hydrogens (primary N) is 1. The maximum absolute atomic E-state index is 12.4. The Balaban J connectivity index is 1.49. The van der Waals surface area contributed by atoms with Gasteiger partial charge in [0.05, 0.1) is 0 Å². The quantitative estimate of drug-likeness (QED) is 0.487. The Labute approximate surface area is 178 Å². The molecule has 0 atom stereocenters. The van der Waals surface area contributed by atoms with Gasteiger partial charge in [-0.1, -0.05) is 48.5 Å². The van der Waals surface area contributed by atoms with Gasteiger partial charge in [0.15, 0.2) is 0 Å². The fraction of sp³-hybridized carbons (Fsp3) is 0.174. The smallest absolute Gasteiger partial charge is 0.411 e. The van der Waals surface area contributed by atoms with Gasteiger partial charge in [0.2, 0.25) is 0 Å².